The summed E-state index contributed by atoms with van der Waals surface area (Å²) in [5.41, 5.74) is 0. The van der Waals surface area contributed by atoms with Crippen molar-refractivity contribution >= 4 is 0 Å². The van der Waals surface area contributed by atoms with E-state index in [1.807, 2.05) is 0 Å². The number of ether oxygens (including phenoxy) is 3. The average molecular weight is 271 g/mol. The van der Waals surface area contributed by atoms with Crippen LogP contribution in [0, 0.1) is 5.92 Å². The van der Waals surface area contributed by atoms with Crippen LogP contribution in [0.2, 0.25) is 0 Å². The minimum absolute atomic E-state index is 0.0353. The predicted molar refractivity (Wildman–Crippen MR) is 75.1 cm³/mol. The zero-order valence-electron chi connectivity index (χ0n) is 12.4. The Morgan fingerprint density at radius 2 is 1.47 bits per heavy atom. The molecule has 112 valence electrons. The molecule has 0 aromatic carbocycles. The van der Waals surface area contributed by atoms with Crippen LogP contribution in [-0.2, 0) is 14.2 Å². The number of hydrogen-bond donors (Lipinski definition) is 1. The lowest BCUT2D eigenvalue weighted by Crippen LogP contribution is -2.36. The third-order valence-corrected chi connectivity index (χ3v) is 4.52. The number of nitrogens with one attached hydrogen (secondary N) is 1. The van der Waals surface area contributed by atoms with Gasteiger partial charge in [-0.25, -0.2) is 0 Å². The summed E-state index contributed by atoms with van der Waals surface area (Å²) in [4.78, 5) is 0. The molecule has 4 heteroatoms. The van der Waals surface area contributed by atoms with Crippen LogP contribution in [0.3, 0.4) is 0 Å². The summed E-state index contributed by atoms with van der Waals surface area (Å²) >= 11 is 0. The lowest BCUT2D eigenvalue weighted by molar-refractivity contribution is -0.120. The van der Waals surface area contributed by atoms with E-state index < -0.39 is 0 Å². The van der Waals surface area contributed by atoms with Crippen molar-refractivity contribution in [1.82, 2.24) is 5.32 Å². The fourth-order valence-electron chi connectivity index (χ4n) is 3.27. The Hall–Kier alpha value is -0.160. The van der Waals surface area contributed by atoms with E-state index in [0.29, 0.717) is 12.2 Å². The highest BCUT2D eigenvalue weighted by Gasteiger charge is 2.26. The monoisotopic (exact) mass is 271 g/mol. The van der Waals surface area contributed by atoms with Crippen molar-refractivity contribution in [2.24, 2.45) is 5.92 Å². The molecule has 1 saturated carbocycles. The molecule has 0 radical (unpaired) electrons. The van der Waals surface area contributed by atoms with Gasteiger partial charge in [0.05, 0.1) is 12.2 Å². The summed E-state index contributed by atoms with van der Waals surface area (Å²) in [6.07, 6.45) is 9.22. The number of piperidine rings is 1. The van der Waals surface area contributed by atoms with E-state index in [2.05, 4.69) is 5.32 Å². The van der Waals surface area contributed by atoms with Crippen LogP contribution in [-0.4, -0.2) is 45.8 Å². The van der Waals surface area contributed by atoms with Crippen molar-refractivity contribution < 1.29 is 14.2 Å². The highest BCUT2D eigenvalue weighted by atomic mass is 16.7. The molecule has 0 aromatic heterocycles. The Labute approximate surface area is 117 Å². The van der Waals surface area contributed by atoms with Crippen molar-refractivity contribution in [3.05, 3.63) is 0 Å². The van der Waals surface area contributed by atoms with E-state index in [1.165, 1.54) is 38.5 Å². The first-order chi connectivity index (χ1) is 9.31. The van der Waals surface area contributed by atoms with Gasteiger partial charge < -0.3 is 19.5 Å². The standard InChI is InChI=1S/C15H29NO3/c1-17-15(18-2)11-12-3-5-13(6-4-12)19-14-7-9-16-10-8-14/h12-16H,3-11H2,1-2H3. The van der Waals surface area contributed by atoms with Gasteiger partial charge in [0.15, 0.2) is 6.29 Å². The first kappa shape index (κ1) is 15.2. The Balaban J connectivity index is 1.64. The third kappa shape index (κ3) is 5.03. The number of hydrogen-bond acceptors (Lipinski definition) is 4. The van der Waals surface area contributed by atoms with Crippen LogP contribution in [0.25, 0.3) is 0 Å². The van der Waals surface area contributed by atoms with Crippen LogP contribution in [0.4, 0.5) is 0 Å². The average Bonchev–Trinajstić information content (AvgIpc) is 2.47. The van der Waals surface area contributed by atoms with Gasteiger partial charge in [0.25, 0.3) is 0 Å². The molecule has 1 heterocycles. The van der Waals surface area contributed by atoms with Gasteiger partial charge in [0.1, 0.15) is 0 Å². The summed E-state index contributed by atoms with van der Waals surface area (Å²) in [5, 5.41) is 3.39. The summed E-state index contributed by atoms with van der Waals surface area (Å²) in [6, 6.07) is 0. The number of rotatable bonds is 6. The van der Waals surface area contributed by atoms with Gasteiger partial charge >= 0.3 is 0 Å². The van der Waals surface area contributed by atoms with Gasteiger partial charge in [-0.2, -0.15) is 0 Å². The molecule has 2 fully saturated rings. The van der Waals surface area contributed by atoms with Gasteiger partial charge in [-0.05, 0) is 57.5 Å². The van der Waals surface area contributed by atoms with Gasteiger partial charge in [0.2, 0.25) is 0 Å². The molecule has 1 N–H and O–H groups in total. The molecule has 2 aliphatic rings. The van der Waals surface area contributed by atoms with Crippen molar-refractivity contribution in [2.75, 3.05) is 27.3 Å². The molecule has 2 rings (SSSR count). The second kappa shape index (κ2) is 8.20. The lowest BCUT2D eigenvalue weighted by atomic mass is 9.85. The molecule has 4 nitrogen and oxygen atoms in total. The van der Waals surface area contributed by atoms with Crippen molar-refractivity contribution in [3.63, 3.8) is 0 Å². The minimum atomic E-state index is -0.0353. The van der Waals surface area contributed by atoms with E-state index in [9.17, 15) is 0 Å². The van der Waals surface area contributed by atoms with Crippen LogP contribution >= 0.6 is 0 Å². The molecule has 0 atom stereocenters. The van der Waals surface area contributed by atoms with Gasteiger partial charge in [-0.3, -0.25) is 0 Å². The highest BCUT2D eigenvalue weighted by molar-refractivity contribution is 4.76. The second-order valence-corrected chi connectivity index (χ2v) is 5.86. The molecule has 1 aliphatic carbocycles. The van der Waals surface area contributed by atoms with E-state index in [1.54, 1.807) is 14.2 Å². The molecule has 0 unspecified atom stereocenters. The molecule has 0 spiro atoms. The maximum absolute atomic E-state index is 6.24. The molecule has 1 aliphatic heterocycles. The summed E-state index contributed by atoms with van der Waals surface area (Å²) in [6.45, 7) is 2.23. The second-order valence-electron chi connectivity index (χ2n) is 5.86. The molecule has 0 bridgehead atoms. The van der Waals surface area contributed by atoms with Crippen molar-refractivity contribution in [1.29, 1.82) is 0 Å². The molecule has 1 saturated heterocycles. The van der Waals surface area contributed by atoms with Crippen molar-refractivity contribution in [3.8, 4) is 0 Å². The van der Waals surface area contributed by atoms with E-state index in [-0.39, 0.29) is 6.29 Å². The quantitative estimate of drug-likeness (QED) is 0.753. The normalized spacial score (nSPS) is 29.8. The SMILES string of the molecule is COC(CC1CCC(OC2CCNCC2)CC1)OC. The van der Waals surface area contributed by atoms with E-state index >= 15 is 0 Å². The Morgan fingerprint density at radius 1 is 0.895 bits per heavy atom. The largest absolute Gasteiger partial charge is 0.375 e. The molecule has 0 amide bonds. The van der Waals surface area contributed by atoms with E-state index in [4.69, 9.17) is 14.2 Å². The van der Waals surface area contributed by atoms with Crippen molar-refractivity contribution in [2.45, 2.75) is 63.4 Å². The molecular weight excluding hydrogens is 242 g/mol. The fraction of sp³-hybridized carbons (Fsp3) is 1.00. The van der Waals surface area contributed by atoms with Crippen LogP contribution in [0.15, 0.2) is 0 Å². The van der Waals surface area contributed by atoms with Crippen LogP contribution in [0.5, 0.6) is 0 Å². The third-order valence-electron chi connectivity index (χ3n) is 4.52. The number of methoxy groups -OCH3 is 2. The summed E-state index contributed by atoms with van der Waals surface area (Å²) < 4.78 is 16.8. The predicted octanol–water partition coefficient (Wildman–Crippen LogP) is 2.32. The van der Waals surface area contributed by atoms with E-state index in [0.717, 1.165) is 25.4 Å². The smallest absolute Gasteiger partial charge is 0.157 e. The molecule has 19 heavy (non-hydrogen) atoms. The molecule has 0 aromatic rings. The first-order valence-corrected chi connectivity index (χ1v) is 7.73. The zero-order chi connectivity index (χ0) is 13.5. The maximum Gasteiger partial charge on any atom is 0.157 e. The van der Waals surface area contributed by atoms with Gasteiger partial charge in [-0.1, -0.05) is 0 Å². The summed E-state index contributed by atoms with van der Waals surface area (Å²) in [5.74, 6) is 0.734. The fourth-order valence-corrected chi connectivity index (χ4v) is 3.27. The van der Waals surface area contributed by atoms with Crippen LogP contribution in [0.1, 0.15) is 44.9 Å². The van der Waals surface area contributed by atoms with Gasteiger partial charge in [-0.15, -0.1) is 0 Å². The Bertz CT molecular complexity index is 232. The van der Waals surface area contributed by atoms with Gasteiger partial charge in [0, 0.05) is 20.6 Å². The minimum Gasteiger partial charge on any atom is -0.375 e. The topological polar surface area (TPSA) is 39.7 Å². The zero-order valence-corrected chi connectivity index (χ0v) is 12.4. The first-order valence-electron chi connectivity index (χ1n) is 7.73. The Morgan fingerprint density at radius 3 is 2.05 bits per heavy atom. The Kier molecular flexibility index (Phi) is 6.57. The lowest BCUT2D eigenvalue weighted by Gasteiger charge is -2.33. The summed E-state index contributed by atoms with van der Waals surface area (Å²) in [7, 11) is 3.44. The highest BCUT2D eigenvalue weighted by Crippen LogP contribution is 2.31. The molecular formula is C15H29NO3. The maximum atomic E-state index is 6.24. The van der Waals surface area contributed by atoms with Crippen LogP contribution < -0.4 is 5.32 Å².